The lowest BCUT2D eigenvalue weighted by Gasteiger charge is -2.26. The van der Waals surface area contributed by atoms with Gasteiger partial charge in [-0.05, 0) is 61.9 Å². The zero-order valence-electron chi connectivity index (χ0n) is 20.8. The van der Waals surface area contributed by atoms with Gasteiger partial charge in [0.25, 0.3) is 0 Å². The molecule has 0 radical (unpaired) electrons. The van der Waals surface area contributed by atoms with E-state index in [4.69, 9.17) is 9.72 Å². The smallest absolute Gasteiger partial charge is 0.204 e. The predicted molar refractivity (Wildman–Crippen MR) is 144 cm³/mol. The molecule has 8 heteroatoms. The molecule has 1 aliphatic heterocycles. The van der Waals surface area contributed by atoms with Gasteiger partial charge in [-0.15, -0.1) is 0 Å². The van der Waals surface area contributed by atoms with E-state index in [9.17, 15) is 5.11 Å². The highest BCUT2D eigenvalue weighted by Crippen LogP contribution is 2.25. The summed E-state index contributed by atoms with van der Waals surface area (Å²) in [6, 6.07) is 20.1. The number of imidazole rings is 1. The van der Waals surface area contributed by atoms with Crippen LogP contribution in [-0.2, 0) is 17.8 Å². The Balaban J connectivity index is 1.36. The summed E-state index contributed by atoms with van der Waals surface area (Å²) in [5.41, 5.74) is 5.69. The van der Waals surface area contributed by atoms with Gasteiger partial charge in [0.15, 0.2) is 0 Å². The van der Waals surface area contributed by atoms with Crippen molar-refractivity contribution < 1.29 is 9.84 Å². The molecule has 3 heterocycles. The number of aryl methyl sites for hydroxylation is 1. The Morgan fingerprint density at radius 2 is 1.81 bits per heavy atom. The zero-order valence-corrected chi connectivity index (χ0v) is 20.8. The Morgan fingerprint density at radius 3 is 2.64 bits per heavy atom. The van der Waals surface area contributed by atoms with Crippen molar-refractivity contribution in [2.24, 2.45) is 0 Å². The Morgan fingerprint density at radius 1 is 0.972 bits per heavy atom. The van der Waals surface area contributed by atoms with Gasteiger partial charge in [-0.3, -0.25) is 9.88 Å². The second-order valence-electron chi connectivity index (χ2n) is 9.22. The van der Waals surface area contributed by atoms with E-state index in [0.717, 1.165) is 79.7 Å². The number of aromatic hydroxyl groups is 1. The molecule has 0 spiro atoms. The number of para-hydroxylation sites is 1. The minimum absolute atomic E-state index is 0.197. The molecule has 2 aromatic carbocycles. The number of morpholine rings is 1. The maximum Gasteiger partial charge on any atom is 0.204 e. The summed E-state index contributed by atoms with van der Waals surface area (Å²) in [4.78, 5) is 11.9. The molecule has 0 atom stereocenters. The largest absolute Gasteiger partial charge is 0.506 e. The average molecular weight is 487 g/mol. The number of rotatable bonds is 10. The maximum atomic E-state index is 10.5. The van der Waals surface area contributed by atoms with E-state index >= 15 is 0 Å². The van der Waals surface area contributed by atoms with Crippen LogP contribution in [0.3, 0.4) is 0 Å². The fourth-order valence-electron chi connectivity index (χ4n) is 4.53. The second kappa shape index (κ2) is 11.4. The van der Waals surface area contributed by atoms with E-state index in [1.54, 1.807) is 6.07 Å². The van der Waals surface area contributed by atoms with Crippen molar-refractivity contribution in [2.45, 2.75) is 26.4 Å². The van der Waals surface area contributed by atoms with Gasteiger partial charge in [-0.1, -0.05) is 24.3 Å². The van der Waals surface area contributed by atoms with Gasteiger partial charge >= 0.3 is 0 Å². The highest BCUT2D eigenvalue weighted by atomic mass is 16.5. The topological polar surface area (TPSA) is 87.5 Å². The minimum atomic E-state index is 0.197. The summed E-state index contributed by atoms with van der Waals surface area (Å²) in [7, 11) is 0. The standard InChI is InChI=1S/C28H34N6O2/c1-21-8-11-27(35)25(31-21)20-34-26-18-22(19-30-23-6-3-2-4-7-23)9-10-24(26)32-28(34)29-12-5-13-33-14-16-36-17-15-33/h2-4,6-11,18,30,35H,5,12-17,19-20H2,1H3,(H,29,32). The predicted octanol–water partition coefficient (Wildman–Crippen LogP) is 4.24. The third-order valence-electron chi connectivity index (χ3n) is 6.52. The molecule has 36 heavy (non-hydrogen) atoms. The number of hydrogen-bond donors (Lipinski definition) is 3. The van der Waals surface area contributed by atoms with Crippen molar-refractivity contribution in [3.05, 3.63) is 77.6 Å². The lowest BCUT2D eigenvalue weighted by Crippen LogP contribution is -2.37. The molecule has 188 valence electrons. The number of anilines is 2. The van der Waals surface area contributed by atoms with Crippen molar-refractivity contribution in [2.75, 3.05) is 50.0 Å². The van der Waals surface area contributed by atoms with Gasteiger partial charge in [0, 0.05) is 37.6 Å². The van der Waals surface area contributed by atoms with E-state index in [1.807, 2.05) is 31.2 Å². The van der Waals surface area contributed by atoms with E-state index in [0.29, 0.717) is 18.8 Å². The number of hydrogen-bond acceptors (Lipinski definition) is 7. The molecular weight excluding hydrogens is 452 g/mol. The van der Waals surface area contributed by atoms with E-state index < -0.39 is 0 Å². The Labute approximate surface area is 211 Å². The number of aromatic nitrogens is 3. The summed E-state index contributed by atoms with van der Waals surface area (Å²) in [6.07, 6.45) is 1.02. The van der Waals surface area contributed by atoms with Crippen LogP contribution in [-0.4, -0.2) is 63.9 Å². The van der Waals surface area contributed by atoms with Crippen LogP contribution in [0.15, 0.2) is 60.7 Å². The quantitative estimate of drug-likeness (QED) is 0.289. The van der Waals surface area contributed by atoms with Gasteiger partial charge in [0.2, 0.25) is 5.95 Å². The van der Waals surface area contributed by atoms with Crippen molar-refractivity contribution in [1.29, 1.82) is 0 Å². The first-order chi connectivity index (χ1) is 17.7. The molecule has 0 aliphatic carbocycles. The third-order valence-corrected chi connectivity index (χ3v) is 6.52. The molecule has 5 rings (SSSR count). The fourth-order valence-corrected chi connectivity index (χ4v) is 4.53. The Hall–Kier alpha value is -3.62. The van der Waals surface area contributed by atoms with Crippen LogP contribution in [0.1, 0.15) is 23.4 Å². The summed E-state index contributed by atoms with van der Waals surface area (Å²) in [5, 5.41) is 17.5. The minimum Gasteiger partial charge on any atom is -0.506 e. The molecule has 8 nitrogen and oxygen atoms in total. The number of fused-ring (bicyclic) bond motifs is 1. The molecule has 2 aromatic heterocycles. The van der Waals surface area contributed by atoms with E-state index in [1.165, 1.54) is 0 Å². The Bertz CT molecular complexity index is 1280. The lowest BCUT2D eigenvalue weighted by atomic mass is 10.2. The van der Waals surface area contributed by atoms with Crippen LogP contribution in [0.2, 0.25) is 0 Å². The summed E-state index contributed by atoms with van der Waals surface area (Å²) < 4.78 is 7.57. The van der Waals surface area contributed by atoms with Crippen molar-refractivity contribution in [3.8, 4) is 5.75 Å². The highest BCUT2D eigenvalue weighted by Gasteiger charge is 2.15. The second-order valence-corrected chi connectivity index (χ2v) is 9.22. The van der Waals surface area contributed by atoms with Crippen molar-refractivity contribution >= 4 is 22.7 Å². The number of nitrogens with zero attached hydrogens (tertiary/aromatic N) is 4. The number of ether oxygens (including phenoxy) is 1. The van der Waals surface area contributed by atoms with Crippen molar-refractivity contribution in [3.63, 3.8) is 0 Å². The number of nitrogens with one attached hydrogen (secondary N) is 2. The van der Waals surface area contributed by atoms with Gasteiger partial charge in [0.05, 0.1) is 30.8 Å². The number of pyridine rings is 1. The average Bonchev–Trinajstić information content (AvgIpc) is 3.25. The van der Waals surface area contributed by atoms with Crippen LogP contribution in [0, 0.1) is 6.92 Å². The molecule has 4 aromatic rings. The molecule has 0 amide bonds. The van der Waals surface area contributed by atoms with Crippen LogP contribution in [0.5, 0.6) is 5.75 Å². The first-order valence-electron chi connectivity index (χ1n) is 12.6. The van der Waals surface area contributed by atoms with E-state index in [-0.39, 0.29) is 5.75 Å². The molecule has 0 bridgehead atoms. The normalized spacial score (nSPS) is 14.2. The molecule has 1 fully saturated rings. The lowest BCUT2D eigenvalue weighted by molar-refractivity contribution is 0.0378. The maximum absolute atomic E-state index is 10.5. The van der Waals surface area contributed by atoms with Crippen LogP contribution < -0.4 is 10.6 Å². The number of benzene rings is 2. The summed E-state index contributed by atoms with van der Waals surface area (Å²) in [5.74, 6) is 0.991. The molecule has 0 unspecified atom stereocenters. The van der Waals surface area contributed by atoms with Crippen LogP contribution in [0.4, 0.5) is 11.6 Å². The fraction of sp³-hybridized carbons (Fsp3) is 0.357. The third kappa shape index (κ3) is 5.95. The first-order valence-corrected chi connectivity index (χ1v) is 12.6. The molecule has 0 saturated carbocycles. The van der Waals surface area contributed by atoms with Crippen molar-refractivity contribution in [1.82, 2.24) is 19.4 Å². The first kappa shape index (κ1) is 24.1. The van der Waals surface area contributed by atoms with Crippen LogP contribution in [0.25, 0.3) is 11.0 Å². The van der Waals surface area contributed by atoms with Gasteiger partial charge < -0.3 is 25.0 Å². The van der Waals surface area contributed by atoms with Gasteiger partial charge in [-0.2, -0.15) is 0 Å². The van der Waals surface area contributed by atoms with Gasteiger partial charge in [-0.25, -0.2) is 4.98 Å². The molecular formula is C28H34N6O2. The summed E-state index contributed by atoms with van der Waals surface area (Å²) >= 11 is 0. The molecule has 1 saturated heterocycles. The SMILES string of the molecule is Cc1ccc(O)c(Cn2c(NCCCN3CCOCC3)nc3ccc(CNc4ccccc4)cc32)n1. The molecule has 3 N–H and O–H groups in total. The Kier molecular flexibility index (Phi) is 7.64. The zero-order chi connectivity index (χ0) is 24.7. The van der Waals surface area contributed by atoms with Gasteiger partial charge in [0.1, 0.15) is 11.4 Å². The monoisotopic (exact) mass is 486 g/mol. The van der Waals surface area contributed by atoms with E-state index in [2.05, 4.69) is 55.4 Å². The van der Waals surface area contributed by atoms with Crippen LogP contribution >= 0.6 is 0 Å². The molecule has 1 aliphatic rings. The highest BCUT2D eigenvalue weighted by molar-refractivity contribution is 5.79. The summed E-state index contributed by atoms with van der Waals surface area (Å²) in [6.45, 7) is 8.56.